The summed E-state index contributed by atoms with van der Waals surface area (Å²) in [7, 11) is -3.85. The van der Waals surface area contributed by atoms with E-state index in [1.54, 1.807) is 18.2 Å². The Morgan fingerprint density at radius 2 is 1.41 bits per heavy atom. The van der Waals surface area contributed by atoms with E-state index in [9.17, 15) is 8.42 Å². The largest absolute Gasteiger partial charge is 0.475 e. The number of fused-ring (bicyclic) bond motifs is 1. The molecule has 0 spiro atoms. The minimum absolute atomic E-state index is 0.0781. The van der Waals surface area contributed by atoms with Gasteiger partial charge in [0.2, 0.25) is 5.82 Å². The first-order chi connectivity index (χ1) is 15.5. The molecule has 0 saturated carbocycles. The number of nitrogens with one attached hydrogen (secondary N) is 1. The van der Waals surface area contributed by atoms with Crippen molar-refractivity contribution in [3.63, 3.8) is 0 Å². The lowest BCUT2D eigenvalue weighted by Gasteiger charge is -2.13. The van der Waals surface area contributed by atoms with Crippen LogP contribution in [0.5, 0.6) is 5.88 Å². The number of ether oxygens (including phenoxy) is 1. The first kappa shape index (κ1) is 21.8. The molecule has 32 heavy (non-hydrogen) atoms. The number of benzene rings is 3. The molecule has 1 aromatic heterocycles. The number of rotatable bonds is 9. The quantitative estimate of drug-likeness (QED) is 0.390. The first-order valence-corrected chi connectivity index (χ1v) is 12.1. The number of sulfonamides is 1. The smallest absolute Gasteiger partial charge is 0.263 e. The Kier molecular flexibility index (Phi) is 6.66. The number of aromatic nitrogens is 2. The fourth-order valence-electron chi connectivity index (χ4n) is 3.37. The molecule has 0 aliphatic heterocycles. The van der Waals surface area contributed by atoms with Crippen molar-refractivity contribution in [2.75, 3.05) is 11.3 Å². The van der Waals surface area contributed by atoms with E-state index < -0.39 is 10.0 Å². The molecular weight excluding hydrogens is 422 g/mol. The van der Waals surface area contributed by atoms with Gasteiger partial charge in [0.25, 0.3) is 15.9 Å². The van der Waals surface area contributed by atoms with Crippen LogP contribution in [-0.2, 0) is 22.9 Å². The Hall–Kier alpha value is -3.45. The van der Waals surface area contributed by atoms with Crippen molar-refractivity contribution < 1.29 is 13.2 Å². The Labute approximate surface area is 188 Å². The highest BCUT2D eigenvalue weighted by atomic mass is 32.2. The van der Waals surface area contributed by atoms with E-state index in [1.807, 2.05) is 60.7 Å². The minimum Gasteiger partial charge on any atom is -0.475 e. The zero-order valence-corrected chi connectivity index (χ0v) is 18.7. The predicted molar refractivity (Wildman–Crippen MR) is 126 cm³/mol. The Morgan fingerprint density at radius 1 is 0.781 bits per heavy atom. The molecule has 0 bridgehead atoms. The van der Waals surface area contributed by atoms with Gasteiger partial charge in [-0.25, -0.2) is 18.4 Å². The number of hydrogen-bond acceptors (Lipinski definition) is 5. The molecule has 3 aromatic carbocycles. The molecule has 1 N–H and O–H groups in total. The van der Waals surface area contributed by atoms with Gasteiger partial charge in [-0.3, -0.25) is 4.72 Å². The van der Waals surface area contributed by atoms with E-state index in [2.05, 4.69) is 21.6 Å². The zero-order valence-electron chi connectivity index (χ0n) is 17.9. The van der Waals surface area contributed by atoms with Crippen molar-refractivity contribution in [3.05, 3.63) is 90.0 Å². The second kappa shape index (κ2) is 9.78. The molecule has 7 heteroatoms. The maximum absolute atomic E-state index is 13.0. The van der Waals surface area contributed by atoms with Gasteiger partial charge in [-0.15, -0.1) is 0 Å². The summed E-state index contributed by atoms with van der Waals surface area (Å²) in [4.78, 5) is 9.16. The van der Waals surface area contributed by atoms with Crippen LogP contribution >= 0.6 is 0 Å². The van der Waals surface area contributed by atoms with Gasteiger partial charge in [-0.2, -0.15) is 0 Å². The summed E-state index contributed by atoms with van der Waals surface area (Å²) in [5.41, 5.74) is 3.44. The zero-order chi connectivity index (χ0) is 22.4. The third-order valence-electron chi connectivity index (χ3n) is 5.01. The molecule has 1 heterocycles. The molecule has 0 unspecified atom stereocenters. The molecule has 0 fully saturated rings. The van der Waals surface area contributed by atoms with Gasteiger partial charge >= 0.3 is 0 Å². The van der Waals surface area contributed by atoms with Crippen molar-refractivity contribution >= 4 is 26.9 Å². The van der Waals surface area contributed by atoms with Gasteiger partial charge in [0, 0.05) is 6.42 Å². The van der Waals surface area contributed by atoms with E-state index >= 15 is 0 Å². The average molecular weight is 448 g/mol. The first-order valence-electron chi connectivity index (χ1n) is 10.6. The fourth-order valence-corrected chi connectivity index (χ4v) is 4.37. The van der Waals surface area contributed by atoms with Crippen molar-refractivity contribution in [2.24, 2.45) is 0 Å². The highest BCUT2D eigenvalue weighted by Gasteiger charge is 2.20. The van der Waals surface area contributed by atoms with Crippen molar-refractivity contribution in [2.45, 2.75) is 31.1 Å². The molecule has 0 aliphatic carbocycles. The minimum atomic E-state index is -3.85. The van der Waals surface area contributed by atoms with Gasteiger partial charge in [0.15, 0.2) is 0 Å². The summed E-state index contributed by atoms with van der Waals surface area (Å²) in [6.07, 6.45) is 2.57. The average Bonchev–Trinajstić information content (AvgIpc) is 2.80. The second-order valence-electron chi connectivity index (χ2n) is 7.45. The van der Waals surface area contributed by atoms with Crippen LogP contribution in [0, 0.1) is 0 Å². The van der Waals surface area contributed by atoms with Gasteiger partial charge in [0.05, 0.1) is 22.5 Å². The van der Waals surface area contributed by atoms with Crippen LogP contribution in [0.15, 0.2) is 83.8 Å². The van der Waals surface area contributed by atoms with Crippen LogP contribution in [0.1, 0.15) is 24.5 Å². The lowest BCUT2D eigenvalue weighted by molar-refractivity contribution is 0.311. The van der Waals surface area contributed by atoms with Gasteiger partial charge in [0.1, 0.15) is 0 Å². The Morgan fingerprint density at radius 3 is 2.09 bits per heavy atom. The molecular formula is C25H25N3O3S. The van der Waals surface area contributed by atoms with E-state index in [-0.39, 0.29) is 16.6 Å². The van der Waals surface area contributed by atoms with Crippen LogP contribution < -0.4 is 9.46 Å². The van der Waals surface area contributed by atoms with Crippen LogP contribution in [0.2, 0.25) is 0 Å². The number of aryl methyl sites for hydroxylation is 1. The molecule has 0 aliphatic rings. The fraction of sp³-hybridized carbons (Fsp3) is 0.200. The highest BCUT2D eigenvalue weighted by molar-refractivity contribution is 7.92. The van der Waals surface area contributed by atoms with E-state index in [1.165, 1.54) is 0 Å². The van der Waals surface area contributed by atoms with Crippen LogP contribution in [0.4, 0.5) is 5.82 Å². The molecule has 6 nitrogen and oxygen atoms in total. The summed E-state index contributed by atoms with van der Waals surface area (Å²) < 4.78 is 34.5. The topological polar surface area (TPSA) is 81.2 Å². The van der Waals surface area contributed by atoms with Crippen LogP contribution in [0.25, 0.3) is 11.0 Å². The number of anilines is 1. The lowest BCUT2D eigenvalue weighted by atomic mass is 10.1. The van der Waals surface area contributed by atoms with E-state index in [4.69, 9.17) is 4.74 Å². The molecule has 0 saturated heterocycles. The maximum atomic E-state index is 13.0. The molecule has 164 valence electrons. The summed E-state index contributed by atoms with van der Waals surface area (Å²) in [6, 6.07) is 24.1. The SMILES string of the molecule is CCCc1ccc(S(=O)(=O)Nc2nc3ccccc3nc2OCCc2ccccc2)cc1. The normalized spacial score (nSPS) is 11.4. The second-order valence-corrected chi connectivity index (χ2v) is 9.13. The van der Waals surface area contributed by atoms with Crippen LogP contribution in [-0.4, -0.2) is 25.0 Å². The predicted octanol–water partition coefficient (Wildman–Crippen LogP) is 5.00. The van der Waals surface area contributed by atoms with Gasteiger partial charge in [-0.05, 0) is 41.8 Å². The standard InChI is InChI=1S/C25H25N3O3S/c1-2-8-19-13-15-21(16-14-19)32(29,30)28-24-25(27-23-12-7-6-11-22(23)26-24)31-18-17-20-9-4-3-5-10-20/h3-7,9-16H,2,8,17-18H2,1H3,(H,26,28). The highest BCUT2D eigenvalue weighted by Crippen LogP contribution is 2.26. The lowest BCUT2D eigenvalue weighted by Crippen LogP contribution is -2.16. The molecule has 0 atom stereocenters. The number of hydrogen-bond donors (Lipinski definition) is 1. The summed E-state index contributed by atoms with van der Waals surface area (Å²) in [5.74, 6) is 0.236. The van der Waals surface area contributed by atoms with E-state index in [0.717, 1.165) is 24.0 Å². The molecule has 4 rings (SSSR count). The number of nitrogens with zero attached hydrogens (tertiary/aromatic N) is 2. The van der Waals surface area contributed by atoms with Crippen molar-refractivity contribution in [1.82, 2.24) is 9.97 Å². The van der Waals surface area contributed by atoms with Crippen LogP contribution in [0.3, 0.4) is 0 Å². The third kappa shape index (κ3) is 5.23. The van der Waals surface area contributed by atoms with E-state index in [0.29, 0.717) is 24.1 Å². The molecule has 4 aromatic rings. The Balaban J connectivity index is 1.60. The van der Waals surface area contributed by atoms with Crippen molar-refractivity contribution in [3.8, 4) is 5.88 Å². The summed E-state index contributed by atoms with van der Waals surface area (Å²) in [5, 5.41) is 0. The monoisotopic (exact) mass is 447 g/mol. The molecule has 0 amide bonds. The number of para-hydroxylation sites is 2. The summed E-state index contributed by atoms with van der Waals surface area (Å²) in [6.45, 7) is 2.43. The van der Waals surface area contributed by atoms with Gasteiger partial charge < -0.3 is 4.74 Å². The van der Waals surface area contributed by atoms with Gasteiger partial charge in [-0.1, -0.05) is 67.9 Å². The maximum Gasteiger partial charge on any atom is 0.263 e. The summed E-state index contributed by atoms with van der Waals surface area (Å²) >= 11 is 0. The molecule has 0 radical (unpaired) electrons. The third-order valence-corrected chi connectivity index (χ3v) is 6.37. The van der Waals surface area contributed by atoms with Crippen molar-refractivity contribution in [1.29, 1.82) is 0 Å². The Bertz CT molecular complexity index is 1290.